The Labute approximate surface area is 149 Å². The number of hydrogen-bond acceptors (Lipinski definition) is 3. The molecule has 8 heteroatoms. The molecule has 1 aliphatic heterocycles. The predicted octanol–water partition coefficient (Wildman–Crippen LogP) is 0.958. The third kappa shape index (κ3) is 3.93. The third-order valence-corrected chi connectivity index (χ3v) is 4.46. The Morgan fingerprint density at radius 1 is 1.24 bits per heavy atom. The molecule has 1 aromatic heterocycles. The van der Waals surface area contributed by atoms with Gasteiger partial charge in [-0.1, -0.05) is 11.6 Å². The van der Waals surface area contributed by atoms with E-state index < -0.39 is 0 Å². The number of carbonyl (C=O) groups excluding carboxylic acids is 3. The van der Waals surface area contributed by atoms with Crippen molar-refractivity contribution in [3.05, 3.63) is 34.5 Å². The van der Waals surface area contributed by atoms with Crippen molar-refractivity contribution in [1.82, 2.24) is 20.5 Å². The lowest BCUT2D eigenvalue weighted by atomic mass is 10.0. The molecule has 2 heterocycles. The maximum atomic E-state index is 12.4. The first-order valence-corrected chi connectivity index (χ1v) is 8.39. The molecule has 0 fully saturated rings. The summed E-state index contributed by atoms with van der Waals surface area (Å²) in [6, 6.07) is 5.67. The van der Waals surface area contributed by atoms with E-state index in [1.165, 1.54) is 6.92 Å². The average molecular weight is 363 g/mol. The van der Waals surface area contributed by atoms with Crippen molar-refractivity contribution >= 4 is 40.2 Å². The summed E-state index contributed by atoms with van der Waals surface area (Å²) in [5, 5.41) is 6.59. The van der Waals surface area contributed by atoms with Crippen LogP contribution in [0.5, 0.6) is 0 Å². The van der Waals surface area contributed by atoms with Crippen molar-refractivity contribution < 1.29 is 14.4 Å². The Morgan fingerprint density at radius 2 is 2.04 bits per heavy atom. The summed E-state index contributed by atoms with van der Waals surface area (Å²) in [7, 11) is 0. The summed E-state index contributed by atoms with van der Waals surface area (Å²) in [6.07, 6.45) is 0.729. The molecule has 0 radical (unpaired) electrons. The number of aromatic amines is 1. The van der Waals surface area contributed by atoms with Crippen LogP contribution in [0.2, 0.25) is 5.02 Å². The van der Waals surface area contributed by atoms with Crippen molar-refractivity contribution in [1.29, 1.82) is 0 Å². The maximum absolute atomic E-state index is 12.4. The van der Waals surface area contributed by atoms with Crippen LogP contribution in [0, 0.1) is 0 Å². The molecule has 1 aliphatic rings. The van der Waals surface area contributed by atoms with E-state index in [4.69, 9.17) is 11.6 Å². The minimum atomic E-state index is -0.389. The van der Waals surface area contributed by atoms with E-state index in [-0.39, 0.29) is 30.8 Å². The number of amides is 3. The number of nitrogens with one attached hydrogen (secondary N) is 3. The highest BCUT2D eigenvalue weighted by Gasteiger charge is 2.24. The minimum absolute atomic E-state index is 0.0864. The largest absolute Gasteiger partial charge is 0.358 e. The maximum Gasteiger partial charge on any atom is 0.242 e. The first-order chi connectivity index (χ1) is 11.9. The second-order valence-electron chi connectivity index (χ2n) is 6.02. The highest BCUT2D eigenvalue weighted by Crippen LogP contribution is 2.29. The fourth-order valence-corrected chi connectivity index (χ4v) is 3.12. The van der Waals surface area contributed by atoms with E-state index in [9.17, 15) is 14.4 Å². The van der Waals surface area contributed by atoms with E-state index >= 15 is 0 Å². The number of carbonyl (C=O) groups is 3. The van der Waals surface area contributed by atoms with Crippen LogP contribution < -0.4 is 10.6 Å². The van der Waals surface area contributed by atoms with Gasteiger partial charge in [0, 0.05) is 53.6 Å². The Hall–Kier alpha value is -2.54. The van der Waals surface area contributed by atoms with E-state index in [2.05, 4.69) is 15.6 Å². The van der Waals surface area contributed by atoms with Crippen LogP contribution in [0.1, 0.15) is 18.2 Å². The molecule has 3 amide bonds. The second kappa shape index (κ2) is 7.14. The summed E-state index contributed by atoms with van der Waals surface area (Å²) >= 11 is 6.08. The number of benzene rings is 1. The number of nitrogens with zero attached hydrogens (tertiary/aromatic N) is 1. The topological polar surface area (TPSA) is 94.3 Å². The van der Waals surface area contributed by atoms with Gasteiger partial charge in [-0.3, -0.25) is 14.4 Å². The fourth-order valence-electron chi connectivity index (χ4n) is 2.95. The molecular weight excluding hydrogens is 344 g/mol. The van der Waals surface area contributed by atoms with Gasteiger partial charge in [0.05, 0.1) is 13.1 Å². The van der Waals surface area contributed by atoms with Gasteiger partial charge in [0.15, 0.2) is 0 Å². The summed E-state index contributed by atoms with van der Waals surface area (Å²) < 4.78 is 0. The Balaban J connectivity index is 1.63. The molecular formula is C17H19ClN4O3. The molecule has 0 bridgehead atoms. The number of H-pyrrole nitrogens is 1. The Kier molecular flexibility index (Phi) is 4.94. The molecule has 0 spiro atoms. The SMILES string of the molecule is CC(=O)NCC(=O)NCC(=O)N1CCc2[nH]c3ccc(Cl)cc3c2C1. The van der Waals surface area contributed by atoms with Crippen LogP contribution in [0.15, 0.2) is 18.2 Å². The van der Waals surface area contributed by atoms with Gasteiger partial charge in [-0.05, 0) is 18.2 Å². The van der Waals surface area contributed by atoms with E-state index in [1.54, 1.807) is 4.90 Å². The average Bonchev–Trinajstić information content (AvgIpc) is 2.94. The van der Waals surface area contributed by atoms with Crippen molar-refractivity contribution in [2.75, 3.05) is 19.6 Å². The van der Waals surface area contributed by atoms with Crippen molar-refractivity contribution in [2.24, 2.45) is 0 Å². The number of hydrogen-bond donors (Lipinski definition) is 3. The van der Waals surface area contributed by atoms with Gasteiger partial charge in [-0.25, -0.2) is 0 Å². The molecule has 3 N–H and O–H groups in total. The summed E-state index contributed by atoms with van der Waals surface area (Å²) in [5.74, 6) is -0.832. The zero-order chi connectivity index (χ0) is 18.0. The van der Waals surface area contributed by atoms with Gasteiger partial charge >= 0.3 is 0 Å². The second-order valence-corrected chi connectivity index (χ2v) is 6.46. The lowest BCUT2D eigenvalue weighted by molar-refractivity contribution is -0.133. The van der Waals surface area contributed by atoms with Crippen LogP contribution >= 0.6 is 11.6 Å². The van der Waals surface area contributed by atoms with Gasteiger partial charge in [0.25, 0.3) is 0 Å². The van der Waals surface area contributed by atoms with Crippen LogP contribution in [-0.2, 0) is 27.3 Å². The summed E-state index contributed by atoms with van der Waals surface area (Å²) in [6.45, 7) is 2.19. The highest BCUT2D eigenvalue weighted by atomic mass is 35.5. The zero-order valence-corrected chi connectivity index (χ0v) is 14.6. The van der Waals surface area contributed by atoms with E-state index in [1.807, 2.05) is 18.2 Å². The molecule has 0 saturated carbocycles. The molecule has 0 unspecified atom stereocenters. The standard InChI is InChI=1S/C17H19ClN4O3/c1-10(23)19-7-16(24)20-8-17(25)22-5-4-15-13(9-22)12-6-11(18)2-3-14(12)21-15/h2-3,6,21H,4-5,7-9H2,1H3,(H,19,23)(H,20,24). The van der Waals surface area contributed by atoms with Gasteiger partial charge in [-0.2, -0.15) is 0 Å². The smallest absolute Gasteiger partial charge is 0.242 e. The molecule has 25 heavy (non-hydrogen) atoms. The van der Waals surface area contributed by atoms with Crippen LogP contribution in [0.25, 0.3) is 10.9 Å². The quantitative estimate of drug-likeness (QED) is 0.756. The van der Waals surface area contributed by atoms with Gasteiger partial charge < -0.3 is 20.5 Å². The van der Waals surface area contributed by atoms with Crippen LogP contribution in [0.4, 0.5) is 0 Å². The number of fused-ring (bicyclic) bond motifs is 3. The number of aromatic nitrogens is 1. The summed E-state index contributed by atoms with van der Waals surface area (Å²) in [5.41, 5.74) is 3.20. The molecule has 0 atom stereocenters. The molecule has 1 aromatic carbocycles. The minimum Gasteiger partial charge on any atom is -0.358 e. The normalized spacial score (nSPS) is 13.4. The van der Waals surface area contributed by atoms with Gasteiger partial charge in [0.2, 0.25) is 17.7 Å². The van der Waals surface area contributed by atoms with E-state index in [0.29, 0.717) is 18.1 Å². The lowest BCUT2D eigenvalue weighted by Gasteiger charge is -2.27. The van der Waals surface area contributed by atoms with Gasteiger partial charge in [0.1, 0.15) is 0 Å². The number of rotatable bonds is 4. The highest BCUT2D eigenvalue weighted by molar-refractivity contribution is 6.31. The predicted molar refractivity (Wildman–Crippen MR) is 94.1 cm³/mol. The molecule has 0 saturated heterocycles. The van der Waals surface area contributed by atoms with Crippen molar-refractivity contribution in [3.8, 4) is 0 Å². The molecule has 2 aromatic rings. The van der Waals surface area contributed by atoms with E-state index in [0.717, 1.165) is 28.6 Å². The fraction of sp³-hybridized carbons (Fsp3) is 0.353. The van der Waals surface area contributed by atoms with Crippen LogP contribution in [-0.4, -0.2) is 47.2 Å². The monoisotopic (exact) mass is 362 g/mol. The third-order valence-electron chi connectivity index (χ3n) is 4.22. The lowest BCUT2D eigenvalue weighted by Crippen LogP contribution is -2.44. The first-order valence-electron chi connectivity index (χ1n) is 8.02. The Morgan fingerprint density at radius 3 is 2.80 bits per heavy atom. The van der Waals surface area contributed by atoms with Crippen LogP contribution in [0.3, 0.4) is 0 Å². The summed E-state index contributed by atoms with van der Waals surface area (Å²) in [4.78, 5) is 39.8. The molecule has 3 rings (SSSR count). The molecule has 7 nitrogen and oxygen atoms in total. The molecule has 0 aliphatic carbocycles. The number of halogens is 1. The van der Waals surface area contributed by atoms with Gasteiger partial charge in [-0.15, -0.1) is 0 Å². The molecule has 132 valence electrons. The zero-order valence-electron chi connectivity index (χ0n) is 13.8. The first kappa shape index (κ1) is 17.3. The van der Waals surface area contributed by atoms with Crippen molar-refractivity contribution in [2.45, 2.75) is 19.9 Å². The Bertz CT molecular complexity index is 846. The van der Waals surface area contributed by atoms with Crippen molar-refractivity contribution in [3.63, 3.8) is 0 Å².